The molecule has 1 radical (unpaired) electrons. The molecule has 13 heavy (non-hydrogen) atoms. The van der Waals surface area contributed by atoms with E-state index in [2.05, 4.69) is 0 Å². The molecule has 3 N–H and O–H groups in total. The van der Waals surface area contributed by atoms with E-state index in [4.69, 9.17) is 16.3 Å². The Morgan fingerprint density at radius 1 is 1.69 bits per heavy atom. The molecule has 0 bridgehead atoms. The number of rotatable bonds is 2. The summed E-state index contributed by atoms with van der Waals surface area (Å²) in [6, 6.07) is 0. The van der Waals surface area contributed by atoms with E-state index < -0.39 is 23.9 Å². The summed E-state index contributed by atoms with van der Waals surface area (Å²) in [5.41, 5.74) is -1.50. The highest BCUT2D eigenvalue weighted by Crippen LogP contribution is 2.27. The van der Waals surface area contributed by atoms with Crippen LogP contribution in [0.5, 0.6) is 0 Å². The van der Waals surface area contributed by atoms with Crippen molar-refractivity contribution >= 4 is 0 Å². The maximum Gasteiger partial charge on any atom is 0.149 e. The summed E-state index contributed by atoms with van der Waals surface area (Å²) in [5, 5.41) is 27.6. The molecule has 0 aromatic heterocycles. The average Bonchev–Trinajstić information content (AvgIpc) is 2.47. The highest BCUT2D eigenvalue weighted by molar-refractivity contribution is 5.08. The Bertz CT molecular complexity index is 218. The van der Waals surface area contributed by atoms with Gasteiger partial charge in [-0.2, -0.15) is 0 Å². The van der Waals surface area contributed by atoms with Gasteiger partial charge in [-0.3, -0.25) is 0 Å². The van der Waals surface area contributed by atoms with Gasteiger partial charge in [-0.15, -0.1) is 0 Å². The minimum Gasteiger partial charge on any atom is -0.394 e. The number of aliphatic hydroxyl groups is 3. The summed E-state index contributed by atoms with van der Waals surface area (Å²) in [6.07, 6.45) is 4.93. The monoisotopic (exact) mass is 185 g/mol. The van der Waals surface area contributed by atoms with Crippen LogP contribution in [0.15, 0.2) is 0 Å². The molecule has 1 aliphatic rings. The first-order chi connectivity index (χ1) is 6.01. The molecule has 0 saturated carbocycles. The van der Waals surface area contributed by atoms with Crippen LogP contribution in [0.2, 0.25) is 0 Å². The lowest BCUT2D eigenvalue weighted by Crippen LogP contribution is -2.38. The van der Waals surface area contributed by atoms with Crippen LogP contribution in [0.25, 0.3) is 0 Å². The van der Waals surface area contributed by atoms with E-state index in [0.717, 1.165) is 0 Å². The Labute approximate surface area is 77.1 Å². The smallest absolute Gasteiger partial charge is 0.149 e. The summed E-state index contributed by atoms with van der Waals surface area (Å²) >= 11 is 0. The molecule has 0 amide bonds. The highest BCUT2D eigenvalue weighted by atomic mass is 16.5. The molecule has 2 unspecified atom stereocenters. The number of aliphatic hydroxyl groups excluding tert-OH is 2. The lowest BCUT2D eigenvalue weighted by molar-refractivity contribution is -0.0805. The zero-order chi connectivity index (χ0) is 10.1. The van der Waals surface area contributed by atoms with Gasteiger partial charge in [0, 0.05) is 6.42 Å². The Hall–Kier alpha value is -0.600. The fourth-order valence-corrected chi connectivity index (χ4v) is 1.34. The standard InChI is InChI=1S/C9H13O4/c1-3-9(2,12)8-4-6(11)7(5-10)13-8/h6-8,10-12H,4-5H2,2H3/t6-,7+,8?,9?/m0/s1. The van der Waals surface area contributed by atoms with Gasteiger partial charge in [-0.25, -0.2) is 0 Å². The summed E-state index contributed by atoms with van der Waals surface area (Å²) in [5.74, 6) is 1.94. The topological polar surface area (TPSA) is 69.9 Å². The van der Waals surface area contributed by atoms with Gasteiger partial charge in [-0.05, 0) is 13.3 Å². The second kappa shape index (κ2) is 3.64. The molecule has 4 nitrogen and oxygen atoms in total. The molecule has 1 rings (SSSR count). The van der Waals surface area contributed by atoms with Crippen molar-refractivity contribution in [3.05, 3.63) is 6.42 Å². The van der Waals surface area contributed by atoms with Crippen LogP contribution in [0.4, 0.5) is 0 Å². The molecule has 0 aromatic carbocycles. The Kier molecular flexibility index (Phi) is 2.94. The van der Waals surface area contributed by atoms with Gasteiger partial charge >= 0.3 is 0 Å². The minimum atomic E-state index is -1.50. The van der Waals surface area contributed by atoms with Crippen LogP contribution in [-0.2, 0) is 4.74 Å². The first-order valence-corrected chi connectivity index (χ1v) is 4.12. The predicted octanol–water partition coefficient (Wildman–Crippen LogP) is -1.16. The van der Waals surface area contributed by atoms with Crippen LogP contribution >= 0.6 is 0 Å². The van der Waals surface area contributed by atoms with Gasteiger partial charge in [0.25, 0.3) is 0 Å². The van der Waals surface area contributed by atoms with E-state index in [1.165, 1.54) is 6.92 Å². The number of ether oxygens (including phenoxy) is 1. The summed E-state index contributed by atoms with van der Waals surface area (Å²) in [7, 11) is 0. The van der Waals surface area contributed by atoms with Crippen LogP contribution in [0.1, 0.15) is 13.3 Å². The number of hydrogen-bond donors (Lipinski definition) is 3. The van der Waals surface area contributed by atoms with E-state index in [-0.39, 0.29) is 13.0 Å². The summed E-state index contributed by atoms with van der Waals surface area (Å²) in [6.45, 7) is 1.10. The van der Waals surface area contributed by atoms with Gasteiger partial charge in [-0.1, -0.05) is 5.92 Å². The van der Waals surface area contributed by atoms with Gasteiger partial charge < -0.3 is 20.1 Å². The van der Waals surface area contributed by atoms with Crippen molar-refractivity contribution in [3.63, 3.8) is 0 Å². The van der Waals surface area contributed by atoms with Crippen molar-refractivity contribution in [3.8, 4) is 5.92 Å². The van der Waals surface area contributed by atoms with E-state index in [1.807, 2.05) is 5.92 Å². The first-order valence-electron chi connectivity index (χ1n) is 4.12. The zero-order valence-electron chi connectivity index (χ0n) is 7.40. The fraction of sp³-hybridized carbons (Fsp3) is 0.778. The SMILES string of the molecule is [C]#CC(C)(O)C1C[C@H](O)[C@@H](CO)O1. The van der Waals surface area contributed by atoms with Crippen molar-refractivity contribution in [2.75, 3.05) is 6.61 Å². The molecule has 1 aliphatic heterocycles. The lowest BCUT2D eigenvalue weighted by atomic mass is 9.97. The van der Waals surface area contributed by atoms with E-state index in [1.54, 1.807) is 0 Å². The van der Waals surface area contributed by atoms with E-state index in [0.29, 0.717) is 0 Å². The fourth-order valence-electron chi connectivity index (χ4n) is 1.34. The van der Waals surface area contributed by atoms with Gasteiger partial charge in [0.1, 0.15) is 17.8 Å². The molecule has 0 spiro atoms. The quantitative estimate of drug-likeness (QED) is 0.474. The molecule has 1 saturated heterocycles. The lowest BCUT2D eigenvalue weighted by Gasteiger charge is -2.23. The Morgan fingerprint density at radius 2 is 2.31 bits per heavy atom. The van der Waals surface area contributed by atoms with Gasteiger partial charge in [0.15, 0.2) is 0 Å². The third-order valence-electron chi connectivity index (χ3n) is 2.28. The molecular formula is C9H13O4. The molecular weight excluding hydrogens is 172 g/mol. The molecule has 0 aliphatic carbocycles. The second-order valence-corrected chi connectivity index (χ2v) is 3.42. The maximum atomic E-state index is 9.54. The third-order valence-corrected chi connectivity index (χ3v) is 2.28. The van der Waals surface area contributed by atoms with Crippen molar-refractivity contribution in [2.45, 2.75) is 37.3 Å². The normalized spacial score (nSPS) is 38.2. The van der Waals surface area contributed by atoms with E-state index >= 15 is 0 Å². The third kappa shape index (κ3) is 2.01. The Morgan fingerprint density at radius 3 is 2.69 bits per heavy atom. The van der Waals surface area contributed by atoms with Crippen LogP contribution in [0, 0.1) is 12.3 Å². The zero-order valence-corrected chi connectivity index (χ0v) is 7.40. The molecule has 4 heteroatoms. The summed E-state index contributed by atoms with van der Waals surface area (Å²) in [4.78, 5) is 0. The molecule has 73 valence electrons. The van der Waals surface area contributed by atoms with Crippen LogP contribution in [0.3, 0.4) is 0 Å². The number of hydrogen-bond acceptors (Lipinski definition) is 4. The maximum absolute atomic E-state index is 9.54. The van der Waals surface area contributed by atoms with E-state index in [9.17, 15) is 10.2 Å². The van der Waals surface area contributed by atoms with Gasteiger partial charge in [0.2, 0.25) is 0 Å². The molecule has 0 aromatic rings. The van der Waals surface area contributed by atoms with Crippen molar-refractivity contribution < 1.29 is 20.1 Å². The first kappa shape index (κ1) is 10.5. The molecule has 4 atom stereocenters. The van der Waals surface area contributed by atoms with Crippen molar-refractivity contribution in [1.82, 2.24) is 0 Å². The van der Waals surface area contributed by atoms with Gasteiger partial charge in [0.05, 0.1) is 12.7 Å². The molecule has 1 fully saturated rings. The highest BCUT2D eigenvalue weighted by Gasteiger charge is 2.42. The summed E-state index contributed by atoms with van der Waals surface area (Å²) < 4.78 is 5.15. The molecule has 1 heterocycles. The average molecular weight is 185 g/mol. The van der Waals surface area contributed by atoms with Crippen LogP contribution < -0.4 is 0 Å². The van der Waals surface area contributed by atoms with Crippen LogP contribution in [-0.4, -0.2) is 45.8 Å². The second-order valence-electron chi connectivity index (χ2n) is 3.42. The largest absolute Gasteiger partial charge is 0.394 e. The predicted molar refractivity (Wildman–Crippen MR) is 44.1 cm³/mol. The van der Waals surface area contributed by atoms with Crippen molar-refractivity contribution in [2.24, 2.45) is 0 Å². The minimum absolute atomic E-state index is 0.212. The Balaban J connectivity index is 2.64. The van der Waals surface area contributed by atoms with Crippen molar-refractivity contribution in [1.29, 1.82) is 0 Å².